The van der Waals surface area contributed by atoms with Crippen molar-refractivity contribution >= 4 is 0 Å². The molecule has 0 saturated carbocycles. The molecule has 1 saturated heterocycles. The van der Waals surface area contributed by atoms with E-state index in [-0.39, 0.29) is 6.04 Å². The van der Waals surface area contributed by atoms with Crippen LogP contribution in [-0.2, 0) is 6.54 Å². The van der Waals surface area contributed by atoms with Gasteiger partial charge >= 0.3 is 0 Å². The number of nitriles is 1. The highest BCUT2D eigenvalue weighted by Gasteiger charge is 2.22. The summed E-state index contributed by atoms with van der Waals surface area (Å²) in [5.41, 5.74) is 2.03. The number of ether oxygens (including phenoxy) is 1. The largest absolute Gasteiger partial charge is 0.497 e. The molecule has 21 heavy (non-hydrogen) atoms. The third kappa shape index (κ3) is 4.16. The molecule has 1 unspecified atom stereocenters. The molecule has 1 aromatic rings. The van der Waals surface area contributed by atoms with Gasteiger partial charge in [0.1, 0.15) is 5.75 Å². The van der Waals surface area contributed by atoms with Crippen LogP contribution in [0.5, 0.6) is 5.75 Å². The second-order valence-corrected chi connectivity index (χ2v) is 5.50. The van der Waals surface area contributed by atoms with Gasteiger partial charge < -0.3 is 4.74 Å². The zero-order chi connectivity index (χ0) is 15.2. The molecule has 1 fully saturated rings. The quantitative estimate of drug-likeness (QED) is 0.827. The molecule has 0 aromatic carbocycles. The summed E-state index contributed by atoms with van der Waals surface area (Å²) in [5.74, 6) is 0.867. The highest BCUT2D eigenvalue weighted by Crippen LogP contribution is 2.16. The third-order valence-corrected chi connectivity index (χ3v) is 3.98. The Balaban J connectivity index is 1.92. The SMILES string of the molecule is CCC(C#N)N1CCN(Cc2cc(OC)cc(C)n2)CC1. The number of aryl methyl sites for hydroxylation is 1. The first-order valence-corrected chi connectivity index (χ1v) is 7.53. The van der Waals surface area contributed by atoms with E-state index in [0.717, 1.165) is 56.3 Å². The minimum absolute atomic E-state index is 0.0596. The number of aromatic nitrogens is 1. The van der Waals surface area contributed by atoms with Gasteiger partial charge in [-0.05, 0) is 13.3 Å². The van der Waals surface area contributed by atoms with Crippen LogP contribution in [0.3, 0.4) is 0 Å². The highest BCUT2D eigenvalue weighted by atomic mass is 16.5. The predicted octanol–water partition coefficient (Wildman–Crippen LogP) is 1.82. The van der Waals surface area contributed by atoms with E-state index in [4.69, 9.17) is 10.00 Å². The third-order valence-electron chi connectivity index (χ3n) is 3.98. The lowest BCUT2D eigenvalue weighted by Crippen LogP contribution is -2.49. The number of hydrogen-bond acceptors (Lipinski definition) is 5. The van der Waals surface area contributed by atoms with Crippen molar-refractivity contribution in [3.8, 4) is 11.8 Å². The Hall–Kier alpha value is -1.64. The van der Waals surface area contributed by atoms with E-state index in [2.05, 4.69) is 27.8 Å². The molecule has 1 aliphatic rings. The van der Waals surface area contributed by atoms with Crippen LogP contribution in [0.25, 0.3) is 0 Å². The molecule has 0 N–H and O–H groups in total. The van der Waals surface area contributed by atoms with Crippen LogP contribution in [0.2, 0.25) is 0 Å². The first-order chi connectivity index (χ1) is 10.2. The number of hydrogen-bond donors (Lipinski definition) is 0. The smallest absolute Gasteiger partial charge is 0.122 e. The van der Waals surface area contributed by atoms with E-state index in [9.17, 15) is 0 Å². The molecule has 1 aliphatic heterocycles. The number of methoxy groups -OCH3 is 1. The lowest BCUT2D eigenvalue weighted by Gasteiger charge is -2.36. The zero-order valence-corrected chi connectivity index (χ0v) is 13.2. The molecule has 0 bridgehead atoms. The average Bonchev–Trinajstić information content (AvgIpc) is 2.49. The molecule has 0 amide bonds. The van der Waals surface area contributed by atoms with Crippen molar-refractivity contribution in [1.29, 1.82) is 5.26 Å². The number of nitrogens with zero attached hydrogens (tertiary/aromatic N) is 4. The van der Waals surface area contributed by atoms with E-state index < -0.39 is 0 Å². The van der Waals surface area contributed by atoms with Crippen LogP contribution < -0.4 is 4.74 Å². The van der Waals surface area contributed by atoms with Gasteiger partial charge in [0.05, 0.1) is 24.9 Å². The van der Waals surface area contributed by atoms with Gasteiger partial charge in [-0.2, -0.15) is 5.26 Å². The maximum Gasteiger partial charge on any atom is 0.122 e. The topological polar surface area (TPSA) is 52.4 Å². The molecular weight excluding hydrogens is 264 g/mol. The van der Waals surface area contributed by atoms with Gasteiger partial charge in [0.2, 0.25) is 0 Å². The first kappa shape index (κ1) is 15.7. The van der Waals surface area contributed by atoms with Crippen LogP contribution in [-0.4, -0.2) is 54.1 Å². The second-order valence-electron chi connectivity index (χ2n) is 5.50. The van der Waals surface area contributed by atoms with Crippen LogP contribution in [0, 0.1) is 18.3 Å². The molecule has 0 aliphatic carbocycles. The Labute approximate surface area is 127 Å². The molecule has 1 atom stereocenters. The van der Waals surface area contributed by atoms with Gasteiger partial charge in [-0.25, -0.2) is 0 Å². The minimum Gasteiger partial charge on any atom is -0.497 e. The van der Waals surface area contributed by atoms with Crippen LogP contribution >= 0.6 is 0 Å². The summed E-state index contributed by atoms with van der Waals surface area (Å²) in [6.07, 6.45) is 0.896. The Bertz CT molecular complexity index is 503. The minimum atomic E-state index is 0.0596. The van der Waals surface area contributed by atoms with Crippen LogP contribution in [0.4, 0.5) is 0 Å². The van der Waals surface area contributed by atoms with Gasteiger partial charge in [0, 0.05) is 50.6 Å². The van der Waals surface area contributed by atoms with Crippen molar-refractivity contribution in [1.82, 2.24) is 14.8 Å². The van der Waals surface area contributed by atoms with Crippen molar-refractivity contribution < 1.29 is 4.74 Å². The summed E-state index contributed by atoms with van der Waals surface area (Å²) in [6, 6.07) is 6.39. The lowest BCUT2D eigenvalue weighted by atomic mass is 10.1. The summed E-state index contributed by atoms with van der Waals surface area (Å²) in [4.78, 5) is 9.24. The summed E-state index contributed by atoms with van der Waals surface area (Å²) >= 11 is 0. The molecule has 5 heteroatoms. The molecule has 0 radical (unpaired) electrons. The summed E-state index contributed by atoms with van der Waals surface area (Å²) in [5, 5.41) is 9.14. The highest BCUT2D eigenvalue weighted by molar-refractivity contribution is 5.26. The van der Waals surface area contributed by atoms with Gasteiger partial charge in [0.25, 0.3) is 0 Å². The fraction of sp³-hybridized carbons (Fsp3) is 0.625. The Morgan fingerprint density at radius 1 is 1.33 bits per heavy atom. The normalized spacial score (nSPS) is 18.2. The molecule has 114 valence electrons. The molecule has 0 spiro atoms. The fourth-order valence-electron chi connectivity index (χ4n) is 2.80. The van der Waals surface area contributed by atoms with Crippen molar-refractivity contribution in [2.45, 2.75) is 32.9 Å². The van der Waals surface area contributed by atoms with Gasteiger partial charge in [-0.15, -0.1) is 0 Å². The van der Waals surface area contributed by atoms with Crippen LogP contribution in [0.15, 0.2) is 12.1 Å². The summed E-state index contributed by atoms with van der Waals surface area (Å²) in [6.45, 7) is 8.78. The number of rotatable bonds is 5. The Kier molecular flexibility index (Phi) is 5.54. The van der Waals surface area contributed by atoms with Crippen molar-refractivity contribution in [3.63, 3.8) is 0 Å². The fourth-order valence-corrected chi connectivity index (χ4v) is 2.80. The standard InChI is InChI=1S/C16H24N4O/c1-4-15(11-17)20-7-5-19(6-8-20)12-14-10-16(21-3)9-13(2)18-14/h9-10,15H,4-8,12H2,1-3H3. The molecular formula is C16H24N4O. The van der Waals surface area contributed by atoms with E-state index in [0.29, 0.717) is 0 Å². The zero-order valence-electron chi connectivity index (χ0n) is 13.2. The molecule has 5 nitrogen and oxygen atoms in total. The first-order valence-electron chi connectivity index (χ1n) is 7.53. The van der Waals surface area contributed by atoms with Gasteiger partial charge in [-0.1, -0.05) is 6.92 Å². The van der Waals surface area contributed by atoms with Gasteiger partial charge in [0.15, 0.2) is 0 Å². The average molecular weight is 288 g/mol. The Morgan fingerprint density at radius 3 is 2.62 bits per heavy atom. The maximum atomic E-state index is 9.14. The van der Waals surface area contributed by atoms with E-state index in [1.54, 1.807) is 7.11 Å². The van der Waals surface area contributed by atoms with Crippen molar-refractivity contribution in [3.05, 3.63) is 23.5 Å². The maximum absolute atomic E-state index is 9.14. The van der Waals surface area contributed by atoms with E-state index >= 15 is 0 Å². The summed E-state index contributed by atoms with van der Waals surface area (Å²) in [7, 11) is 1.68. The van der Waals surface area contributed by atoms with E-state index in [1.165, 1.54) is 0 Å². The summed E-state index contributed by atoms with van der Waals surface area (Å²) < 4.78 is 5.30. The van der Waals surface area contributed by atoms with Crippen LogP contribution in [0.1, 0.15) is 24.7 Å². The number of piperazine rings is 1. The molecule has 1 aromatic heterocycles. The second kappa shape index (κ2) is 7.39. The molecule has 2 heterocycles. The van der Waals surface area contributed by atoms with E-state index in [1.807, 2.05) is 19.1 Å². The molecule has 2 rings (SSSR count). The lowest BCUT2D eigenvalue weighted by molar-refractivity contribution is 0.107. The predicted molar refractivity (Wildman–Crippen MR) is 82.1 cm³/mol. The number of pyridine rings is 1. The Morgan fingerprint density at radius 2 is 2.05 bits per heavy atom. The van der Waals surface area contributed by atoms with Crippen molar-refractivity contribution in [2.75, 3.05) is 33.3 Å². The van der Waals surface area contributed by atoms with Gasteiger partial charge in [-0.3, -0.25) is 14.8 Å². The monoisotopic (exact) mass is 288 g/mol. The van der Waals surface area contributed by atoms with Crippen molar-refractivity contribution in [2.24, 2.45) is 0 Å².